The molecule has 5 nitrogen and oxygen atoms in total. The van der Waals surface area contributed by atoms with E-state index in [2.05, 4.69) is 11.4 Å². The molecule has 136 valence electrons. The molecule has 0 saturated heterocycles. The van der Waals surface area contributed by atoms with Gasteiger partial charge in [-0.15, -0.1) is 11.8 Å². The first-order valence-electron chi connectivity index (χ1n) is 8.70. The number of nitrogens with one attached hydrogen (secondary N) is 1. The molecule has 1 N–H and O–H groups in total. The average Bonchev–Trinajstić information content (AvgIpc) is 2.66. The molecule has 0 aliphatic heterocycles. The summed E-state index contributed by atoms with van der Waals surface area (Å²) in [6.07, 6.45) is 4.67. The van der Waals surface area contributed by atoms with Gasteiger partial charge in [-0.3, -0.25) is 4.79 Å². The van der Waals surface area contributed by atoms with Crippen LogP contribution in [0.15, 0.2) is 24.3 Å². The van der Waals surface area contributed by atoms with Crippen LogP contribution >= 0.6 is 11.8 Å². The lowest BCUT2D eigenvalue weighted by atomic mass is 9.83. The zero-order valence-electron chi connectivity index (χ0n) is 14.9. The predicted octanol–water partition coefficient (Wildman–Crippen LogP) is 3.54. The molecule has 1 aliphatic carbocycles. The first kappa shape index (κ1) is 19.5. The lowest BCUT2D eigenvalue weighted by molar-refractivity contribution is -0.121. The van der Waals surface area contributed by atoms with Gasteiger partial charge in [0, 0.05) is 5.75 Å². The highest BCUT2D eigenvalue weighted by Gasteiger charge is 2.34. The Morgan fingerprint density at radius 3 is 2.52 bits per heavy atom. The van der Waals surface area contributed by atoms with Crippen LogP contribution in [0.5, 0.6) is 11.5 Å². The third-order valence-electron chi connectivity index (χ3n) is 4.43. The van der Waals surface area contributed by atoms with Crippen molar-refractivity contribution < 1.29 is 14.3 Å². The van der Waals surface area contributed by atoms with Crippen molar-refractivity contribution in [3.05, 3.63) is 24.3 Å². The van der Waals surface area contributed by atoms with E-state index in [0.29, 0.717) is 12.4 Å². The molecule has 0 aromatic heterocycles. The monoisotopic (exact) mass is 362 g/mol. The smallest absolute Gasteiger partial charge is 0.234 e. The maximum Gasteiger partial charge on any atom is 0.234 e. The second-order valence-electron chi connectivity index (χ2n) is 6.28. The van der Waals surface area contributed by atoms with Gasteiger partial charge in [-0.2, -0.15) is 5.26 Å². The molecule has 0 spiro atoms. The number of methoxy groups -OCH3 is 1. The maximum absolute atomic E-state index is 12.4. The summed E-state index contributed by atoms with van der Waals surface area (Å²) < 4.78 is 10.8. The van der Waals surface area contributed by atoms with Gasteiger partial charge in [-0.05, 0) is 44.0 Å². The zero-order chi connectivity index (χ0) is 18.1. The molecule has 0 radical (unpaired) electrons. The molecule has 1 unspecified atom stereocenters. The molecular weight excluding hydrogens is 336 g/mol. The van der Waals surface area contributed by atoms with Crippen LogP contribution in [0.2, 0.25) is 0 Å². The number of nitriles is 1. The molecule has 1 aliphatic rings. The minimum Gasteiger partial charge on any atom is -0.497 e. The summed E-state index contributed by atoms with van der Waals surface area (Å²) in [7, 11) is 1.63. The van der Waals surface area contributed by atoms with Crippen molar-refractivity contribution in [2.45, 2.75) is 49.8 Å². The minimum absolute atomic E-state index is 0.0575. The zero-order valence-corrected chi connectivity index (χ0v) is 15.7. The molecule has 1 aromatic carbocycles. The molecule has 25 heavy (non-hydrogen) atoms. The van der Waals surface area contributed by atoms with Crippen molar-refractivity contribution in [3.8, 4) is 17.6 Å². The number of carbonyl (C=O) groups is 1. The Hall–Kier alpha value is -1.87. The number of hydrogen-bond acceptors (Lipinski definition) is 5. The van der Waals surface area contributed by atoms with Gasteiger partial charge in [0.2, 0.25) is 5.91 Å². The number of hydrogen-bond donors (Lipinski definition) is 1. The second kappa shape index (κ2) is 9.57. The lowest BCUT2D eigenvalue weighted by Gasteiger charge is -2.32. The Labute approximate surface area is 154 Å². The van der Waals surface area contributed by atoms with Gasteiger partial charge in [0.05, 0.1) is 25.0 Å². The molecule has 0 heterocycles. The van der Waals surface area contributed by atoms with E-state index in [0.717, 1.165) is 43.6 Å². The summed E-state index contributed by atoms with van der Waals surface area (Å²) in [5, 5.41) is 12.2. The fourth-order valence-electron chi connectivity index (χ4n) is 2.89. The molecule has 1 fully saturated rings. The van der Waals surface area contributed by atoms with Gasteiger partial charge in [0.1, 0.15) is 17.0 Å². The van der Waals surface area contributed by atoms with Crippen LogP contribution in [0.1, 0.15) is 39.0 Å². The highest BCUT2D eigenvalue weighted by Crippen LogP contribution is 2.28. The third-order valence-corrected chi connectivity index (χ3v) is 5.55. The van der Waals surface area contributed by atoms with Crippen molar-refractivity contribution in [3.63, 3.8) is 0 Å². The summed E-state index contributed by atoms with van der Waals surface area (Å²) in [5.41, 5.74) is -0.663. The Kier molecular flexibility index (Phi) is 7.45. The van der Waals surface area contributed by atoms with Crippen molar-refractivity contribution >= 4 is 17.7 Å². The number of nitrogens with zero attached hydrogens (tertiary/aromatic N) is 1. The van der Waals surface area contributed by atoms with E-state index in [9.17, 15) is 10.1 Å². The fraction of sp³-hybridized carbons (Fsp3) is 0.579. The van der Waals surface area contributed by atoms with Gasteiger partial charge in [0.25, 0.3) is 0 Å². The van der Waals surface area contributed by atoms with Crippen LogP contribution < -0.4 is 14.8 Å². The Bertz CT molecular complexity index is 592. The standard InChI is InChI=1S/C19H26N2O3S/c1-15(18(22)21-19(14-20)10-4-3-5-11-19)25-13-12-24-17-8-6-16(23-2)7-9-17/h6-9,15H,3-5,10-13H2,1-2H3,(H,21,22). The van der Waals surface area contributed by atoms with Crippen molar-refractivity contribution in [1.29, 1.82) is 5.26 Å². The average molecular weight is 362 g/mol. The normalized spacial score (nSPS) is 17.2. The first-order valence-corrected chi connectivity index (χ1v) is 9.75. The molecule has 2 rings (SSSR count). The van der Waals surface area contributed by atoms with Crippen LogP contribution in [0.3, 0.4) is 0 Å². The summed E-state index contributed by atoms with van der Waals surface area (Å²) >= 11 is 1.54. The van der Waals surface area contributed by atoms with Crippen LogP contribution in [-0.2, 0) is 4.79 Å². The molecule has 0 bridgehead atoms. The molecule has 1 atom stereocenters. The van der Waals surface area contributed by atoms with Gasteiger partial charge in [-0.25, -0.2) is 0 Å². The van der Waals surface area contributed by atoms with Gasteiger partial charge in [-0.1, -0.05) is 19.3 Å². The van der Waals surface area contributed by atoms with Gasteiger partial charge in [0.15, 0.2) is 0 Å². The molecule has 1 aromatic rings. The number of carbonyl (C=O) groups excluding carboxylic acids is 1. The minimum atomic E-state index is -0.663. The van der Waals surface area contributed by atoms with E-state index in [-0.39, 0.29) is 11.2 Å². The van der Waals surface area contributed by atoms with Crippen LogP contribution in [0.4, 0.5) is 0 Å². The summed E-state index contributed by atoms with van der Waals surface area (Å²) in [6, 6.07) is 9.75. The highest BCUT2D eigenvalue weighted by molar-refractivity contribution is 8.00. The maximum atomic E-state index is 12.4. The Balaban J connectivity index is 1.71. The van der Waals surface area contributed by atoms with E-state index in [1.165, 1.54) is 11.8 Å². The van der Waals surface area contributed by atoms with E-state index in [1.54, 1.807) is 7.11 Å². The fourth-order valence-corrected chi connectivity index (χ4v) is 3.63. The molecule has 6 heteroatoms. The SMILES string of the molecule is COc1ccc(OCCSC(C)C(=O)NC2(C#N)CCCCC2)cc1. The van der Waals surface area contributed by atoms with Crippen molar-refractivity contribution in [1.82, 2.24) is 5.32 Å². The Morgan fingerprint density at radius 2 is 1.92 bits per heavy atom. The third kappa shape index (κ3) is 5.86. The number of benzene rings is 1. The van der Waals surface area contributed by atoms with E-state index in [4.69, 9.17) is 9.47 Å². The summed E-state index contributed by atoms with van der Waals surface area (Å²) in [6.45, 7) is 2.40. The largest absolute Gasteiger partial charge is 0.497 e. The van der Waals surface area contributed by atoms with E-state index in [1.807, 2.05) is 31.2 Å². The Morgan fingerprint density at radius 1 is 1.28 bits per heavy atom. The molecular formula is C19H26N2O3S. The van der Waals surface area contributed by atoms with Crippen molar-refractivity contribution in [2.24, 2.45) is 0 Å². The predicted molar refractivity (Wildman–Crippen MR) is 100.0 cm³/mol. The second-order valence-corrected chi connectivity index (χ2v) is 7.73. The number of ether oxygens (including phenoxy) is 2. The highest BCUT2D eigenvalue weighted by atomic mass is 32.2. The number of rotatable bonds is 8. The van der Waals surface area contributed by atoms with E-state index >= 15 is 0 Å². The molecule has 1 saturated carbocycles. The quantitative estimate of drug-likeness (QED) is 0.716. The first-order chi connectivity index (χ1) is 12.1. The van der Waals surface area contributed by atoms with Gasteiger partial charge < -0.3 is 14.8 Å². The molecule has 1 amide bonds. The number of thioether (sulfide) groups is 1. The van der Waals surface area contributed by atoms with E-state index < -0.39 is 5.54 Å². The van der Waals surface area contributed by atoms with Crippen LogP contribution in [0, 0.1) is 11.3 Å². The number of amides is 1. The van der Waals surface area contributed by atoms with Crippen molar-refractivity contribution in [2.75, 3.05) is 19.5 Å². The van der Waals surface area contributed by atoms with Crippen LogP contribution in [0.25, 0.3) is 0 Å². The topological polar surface area (TPSA) is 71.3 Å². The summed E-state index contributed by atoms with van der Waals surface area (Å²) in [4.78, 5) is 12.4. The lowest BCUT2D eigenvalue weighted by Crippen LogP contribution is -2.51. The summed E-state index contributed by atoms with van der Waals surface area (Å²) in [5.74, 6) is 2.23. The van der Waals surface area contributed by atoms with Crippen LogP contribution in [-0.4, -0.2) is 36.2 Å². The van der Waals surface area contributed by atoms with Gasteiger partial charge >= 0.3 is 0 Å².